The molecule has 1 saturated carbocycles. The first-order valence-corrected chi connectivity index (χ1v) is 9.94. The average molecular weight is 416 g/mol. The van der Waals surface area contributed by atoms with Crippen LogP contribution in [0, 0.1) is 5.92 Å². The van der Waals surface area contributed by atoms with Crippen molar-refractivity contribution in [2.24, 2.45) is 17.4 Å². The Morgan fingerprint density at radius 2 is 1.87 bits per heavy atom. The maximum atomic E-state index is 13.0. The summed E-state index contributed by atoms with van der Waals surface area (Å²) in [6, 6.07) is 8.88. The smallest absolute Gasteiger partial charge is 0.366 e. The van der Waals surface area contributed by atoms with Crippen molar-refractivity contribution in [3.63, 3.8) is 0 Å². The van der Waals surface area contributed by atoms with Crippen molar-refractivity contribution in [3.05, 3.63) is 71.2 Å². The molecule has 0 bridgehead atoms. The molecule has 4 rings (SSSR count). The van der Waals surface area contributed by atoms with E-state index in [-0.39, 0.29) is 23.4 Å². The van der Waals surface area contributed by atoms with Gasteiger partial charge in [-0.3, -0.25) is 4.79 Å². The van der Waals surface area contributed by atoms with Crippen LogP contribution in [0.1, 0.15) is 64.8 Å². The van der Waals surface area contributed by atoms with Crippen LogP contribution < -0.4 is 11.5 Å². The van der Waals surface area contributed by atoms with Gasteiger partial charge in [-0.05, 0) is 67.3 Å². The standard InChI is InChI=1S/C22H23F3N4O/c23-22(24,25)15-8-9-16(17(11-15)21(27)30)13-4-6-14(7-5-13)20(26)18-12-28-19-3-1-2-10-29(18)19/h1-3,8-14,20H,4-7,26H2,(H2,27,30). The minimum Gasteiger partial charge on any atom is -0.366 e. The molecule has 3 aromatic rings. The Bertz CT molecular complexity index is 1070. The van der Waals surface area contributed by atoms with E-state index in [4.69, 9.17) is 11.5 Å². The lowest BCUT2D eigenvalue weighted by Crippen LogP contribution is -2.27. The number of nitrogens with two attached hydrogens (primary N) is 2. The van der Waals surface area contributed by atoms with Crippen molar-refractivity contribution in [2.45, 2.75) is 43.8 Å². The minimum absolute atomic E-state index is 0.0135. The van der Waals surface area contributed by atoms with Crippen LogP contribution in [-0.2, 0) is 6.18 Å². The second-order valence-corrected chi connectivity index (χ2v) is 7.91. The Hall–Kier alpha value is -2.87. The van der Waals surface area contributed by atoms with Crippen molar-refractivity contribution < 1.29 is 18.0 Å². The molecule has 1 unspecified atom stereocenters. The summed E-state index contributed by atoms with van der Waals surface area (Å²) in [6.07, 6.45) is 2.32. The molecule has 2 aromatic heterocycles. The van der Waals surface area contributed by atoms with E-state index < -0.39 is 17.6 Å². The van der Waals surface area contributed by atoms with Gasteiger partial charge in [-0.25, -0.2) is 4.98 Å². The van der Waals surface area contributed by atoms with Gasteiger partial charge in [0, 0.05) is 17.8 Å². The Labute approximate surface area is 171 Å². The number of pyridine rings is 1. The van der Waals surface area contributed by atoms with Gasteiger partial charge < -0.3 is 15.9 Å². The molecule has 5 nitrogen and oxygen atoms in total. The number of halogens is 3. The summed E-state index contributed by atoms with van der Waals surface area (Å²) in [6.45, 7) is 0. The van der Waals surface area contributed by atoms with Gasteiger partial charge in [-0.2, -0.15) is 13.2 Å². The molecule has 8 heteroatoms. The topological polar surface area (TPSA) is 86.4 Å². The third-order valence-electron chi connectivity index (χ3n) is 6.15. The number of aromatic nitrogens is 2. The molecule has 1 amide bonds. The third kappa shape index (κ3) is 3.79. The van der Waals surface area contributed by atoms with Crippen LogP contribution in [0.2, 0.25) is 0 Å². The fourth-order valence-electron chi connectivity index (χ4n) is 4.53. The number of nitrogens with zero attached hydrogens (tertiary/aromatic N) is 2. The predicted octanol–water partition coefficient (Wildman–Crippen LogP) is 4.43. The van der Waals surface area contributed by atoms with Crippen LogP contribution >= 0.6 is 0 Å². The van der Waals surface area contributed by atoms with Gasteiger partial charge in [-0.15, -0.1) is 0 Å². The van der Waals surface area contributed by atoms with E-state index in [0.717, 1.165) is 49.2 Å². The third-order valence-corrected chi connectivity index (χ3v) is 6.15. The van der Waals surface area contributed by atoms with E-state index >= 15 is 0 Å². The predicted molar refractivity (Wildman–Crippen MR) is 107 cm³/mol. The van der Waals surface area contributed by atoms with E-state index in [1.165, 1.54) is 6.07 Å². The van der Waals surface area contributed by atoms with E-state index in [0.29, 0.717) is 5.56 Å². The molecule has 4 N–H and O–H groups in total. The Morgan fingerprint density at radius 1 is 1.13 bits per heavy atom. The van der Waals surface area contributed by atoms with Crippen LogP contribution in [0.3, 0.4) is 0 Å². The molecule has 1 atom stereocenters. The number of fused-ring (bicyclic) bond motifs is 1. The van der Waals surface area contributed by atoms with Gasteiger partial charge in [-0.1, -0.05) is 12.1 Å². The quantitative estimate of drug-likeness (QED) is 0.660. The van der Waals surface area contributed by atoms with Crippen LogP contribution in [0.15, 0.2) is 48.8 Å². The molecule has 1 aliphatic rings. The molecule has 0 saturated heterocycles. The zero-order valence-corrected chi connectivity index (χ0v) is 16.3. The zero-order chi connectivity index (χ0) is 21.5. The summed E-state index contributed by atoms with van der Waals surface area (Å²) >= 11 is 0. The highest BCUT2D eigenvalue weighted by molar-refractivity contribution is 5.94. The molecule has 0 spiro atoms. The largest absolute Gasteiger partial charge is 0.416 e. The minimum atomic E-state index is -4.51. The number of hydrogen-bond acceptors (Lipinski definition) is 3. The molecule has 1 aromatic carbocycles. The van der Waals surface area contributed by atoms with Gasteiger partial charge in [0.1, 0.15) is 5.65 Å². The first kappa shape index (κ1) is 20.4. The summed E-state index contributed by atoms with van der Waals surface area (Å²) in [4.78, 5) is 16.2. The van der Waals surface area contributed by atoms with Crippen molar-refractivity contribution in [2.75, 3.05) is 0 Å². The normalized spacial score (nSPS) is 20.9. The molecular weight excluding hydrogens is 393 g/mol. The van der Waals surface area contributed by atoms with Gasteiger partial charge >= 0.3 is 6.18 Å². The molecule has 0 aliphatic heterocycles. The molecule has 158 valence electrons. The van der Waals surface area contributed by atoms with E-state index in [1.54, 1.807) is 6.20 Å². The van der Waals surface area contributed by atoms with Gasteiger partial charge in [0.25, 0.3) is 0 Å². The summed E-state index contributed by atoms with van der Waals surface area (Å²) in [5.74, 6) is -0.617. The Morgan fingerprint density at radius 3 is 2.53 bits per heavy atom. The van der Waals surface area contributed by atoms with Crippen LogP contribution in [0.4, 0.5) is 13.2 Å². The summed E-state index contributed by atoms with van der Waals surface area (Å²) in [7, 11) is 0. The first-order chi connectivity index (χ1) is 14.3. The zero-order valence-electron chi connectivity index (χ0n) is 16.3. The molecule has 2 heterocycles. The highest BCUT2D eigenvalue weighted by atomic mass is 19.4. The maximum Gasteiger partial charge on any atom is 0.416 e. The highest BCUT2D eigenvalue weighted by Gasteiger charge is 2.34. The van der Waals surface area contributed by atoms with Crippen molar-refractivity contribution in [1.82, 2.24) is 9.38 Å². The lowest BCUT2D eigenvalue weighted by Gasteiger charge is -2.33. The van der Waals surface area contributed by atoms with Crippen molar-refractivity contribution >= 4 is 11.6 Å². The van der Waals surface area contributed by atoms with Crippen LogP contribution in [0.25, 0.3) is 5.65 Å². The second-order valence-electron chi connectivity index (χ2n) is 7.91. The van der Waals surface area contributed by atoms with E-state index in [1.807, 2.05) is 28.8 Å². The molecule has 0 radical (unpaired) electrons. The van der Waals surface area contributed by atoms with Crippen LogP contribution in [0.5, 0.6) is 0 Å². The summed E-state index contributed by atoms with van der Waals surface area (Å²) < 4.78 is 41.0. The Balaban J connectivity index is 1.51. The Kier molecular flexibility index (Phi) is 5.27. The number of imidazole rings is 1. The number of primary amides is 1. The monoisotopic (exact) mass is 416 g/mol. The number of carbonyl (C=O) groups excluding carboxylic acids is 1. The lowest BCUT2D eigenvalue weighted by atomic mass is 9.74. The number of alkyl halides is 3. The SMILES string of the molecule is NC(=O)c1cc(C(F)(F)F)ccc1C1CCC(C(N)c2cnc3ccccn23)CC1. The molecule has 1 fully saturated rings. The van der Waals surface area contributed by atoms with E-state index in [2.05, 4.69) is 4.98 Å². The number of benzene rings is 1. The first-order valence-electron chi connectivity index (χ1n) is 9.94. The van der Waals surface area contributed by atoms with Gasteiger partial charge in [0.2, 0.25) is 5.91 Å². The second kappa shape index (κ2) is 7.75. The molecule has 30 heavy (non-hydrogen) atoms. The van der Waals surface area contributed by atoms with Crippen molar-refractivity contribution in [3.8, 4) is 0 Å². The fraction of sp³-hybridized carbons (Fsp3) is 0.364. The van der Waals surface area contributed by atoms with Gasteiger partial charge in [0.05, 0.1) is 17.5 Å². The highest BCUT2D eigenvalue weighted by Crippen LogP contribution is 2.42. The molecular formula is C22H23F3N4O. The average Bonchev–Trinajstić information content (AvgIpc) is 3.16. The number of carbonyl (C=O) groups is 1. The maximum absolute atomic E-state index is 13.0. The fourth-order valence-corrected chi connectivity index (χ4v) is 4.53. The van der Waals surface area contributed by atoms with Crippen LogP contribution in [-0.4, -0.2) is 15.3 Å². The van der Waals surface area contributed by atoms with E-state index in [9.17, 15) is 18.0 Å². The van der Waals surface area contributed by atoms with Gasteiger partial charge in [0.15, 0.2) is 0 Å². The number of hydrogen-bond donors (Lipinski definition) is 2. The molecule has 1 aliphatic carbocycles. The van der Waals surface area contributed by atoms with Crippen molar-refractivity contribution in [1.29, 1.82) is 0 Å². The summed E-state index contributed by atoms with van der Waals surface area (Å²) in [5, 5.41) is 0. The number of amides is 1. The lowest BCUT2D eigenvalue weighted by molar-refractivity contribution is -0.137. The number of rotatable bonds is 4. The summed E-state index contributed by atoms with van der Waals surface area (Å²) in [5.41, 5.74) is 13.4.